The standard InChI is InChI=1S/C7H7F9O4S/c1-19-21(17,18)7(15,16)5(11,12)4(9,10)6(13,14)20-3-2-8/h2-3H2,1H3. The second-order valence-corrected chi connectivity index (χ2v) is 5.09. The molecule has 0 atom stereocenters. The van der Waals surface area contributed by atoms with Crippen molar-refractivity contribution in [1.29, 1.82) is 0 Å². The minimum Gasteiger partial charge on any atom is -0.313 e. The zero-order valence-corrected chi connectivity index (χ0v) is 10.7. The smallest absolute Gasteiger partial charge is 0.313 e. The zero-order valence-electron chi connectivity index (χ0n) is 9.86. The second-order valence-electron chi connectivity index (χ2n) is 3.34. The van der Waals surface area contributed by atoms with Gasteiger partial charge in [-0.2, -0.15) is 43.5 Å². The molecule has 0 aromatic carbocycles. The van der Waals surface area contributed by atoms with Crippen LogP contribution in [0.2, 0.25) is 0 Å². The van der Waals surface area contributed by atoms with Gasteiger partial charge in [0.2, 0.25) is 0 Å². The quantitative estimate of drug-likeness (QED) is 0.494. The van der Waals surface area contributed by atoms with Gasteiger partial charge in [0.15, 0.2) is 0 Å². The highest BCUT2D eigenvalue weighted by Crippen LogP contribution is 2.54. The lowest BCUT2D eigenvalue weighted by Gasteiger charge is -2.34. The molecule has 14 heteroatoms. The second kappa shape index (κ2) is 5.79. The normalized spacial score (nSPS) is 15.3. The number of hydrogen-bond donors (Lipinski definition) is 0. The Kier molecular flexibility index (Phi) is 5.58. The minimum absolute atomic E-state index is 0.0742. The van der Waals surface area contributed by atoms with E-state index < -0.39 is 46.6 Å². The van der Waals surface area contributed by atoms with Crippen molar-refractivity contribution in [1.82, 2.24) is 0 Å². The molecule has 0 spiro atoms. The van der Waals surface area contributed by atoms with Crippen molar-refractivity contribution in [3.05, 3.63) is 0 Å². The fourth-order valence-corrected chi connectivity index (χ4v) is 1.54. The van der Waals surface area contributed by atoms with Crippen molar-refractivity contribution in [3.8, 4) is 0 Å². The predicted molar refractivity (Wildman–Crippen MR) is 47.6 cm³/mol. The van der Waals surface area contributed by atoms with Crippen LogP contribution >= 0.6 is 0 Å². The Labute approximate surface area is 111 Å². The molecule has 128 valence electrons. The lowest BCUT2D eigenvalue weighted by atomic mass is 10.1. The lowest BCUT2D eigenvalue weighted by Crippen LogP contribution is -2.65. The maximum atomic E-state index is 13.0. The van der Waals surface area contributed by atoms with Crippen LogP contribution < -0.4 is 0 Å². The molecule has 0 N–H and O–H groups in total. The first-order valence-electron chi connectivity index (χ1n) is 4.63. The van der Waals surface area contributed by atoms with Gasteiger partial charge in [0, 0.05) is 0 Å². The molecule has 4 nitrogen and oxygen atoms in total. The SMILES string of the molecule is COS(=O)(=O)C(F)(F)C(F)(F)C(F)(F)C(F)(F)OCCF. The Balaban J connectivity index is 5.88. The van der Waals surface area contributed by atoms with Gasteiger partial charge in [-0.25, -0.2) is 4.39 Å². The summed E-state index contributed by atoms with van der Waals surface area (Å²) in [5, 5.41) is -6.71. The number of rotatable bonds is 8. The van der Waals surface area contributed by atoms with Crippen molar-refractivity contribution >= 4 is 10.1 Å². The van der Waals surface area contributed by atoms with E-state index in [0.29, 0.717) is 0 Å². The van der Waals surface area contributed by atoms with Gasteiger partial charge in [-0.1, -0.05) is 0 Å². The summed E-state index contributed by atoms with van der Waals surface area (Å²) in [7, 11) is -6.72. The molecule has 0 heterocycles. The van der Waals surface area contributed by atoms with Gasteiger partial charge in [0.25, 0.3) is 0 Å². The molecule has 0 rings (SSSR count). The number of halogens is 9. The van der Waals surface area contributed by atoms with Crippen LogP contribution in [-0.2, 0) is 19.0 Å². The van der Waals surface area contributed by atoms with Gasteiger partial charge < -0.3 is 4.74 Å². The highest BCUT2D eigenvalue weighted by atomic mass is 32.2. The van der Waals surface area contributed by atoms with Crippen LogP contribution in [0.5, 0.6) is 0 Å². The summed E-state index contributed by atoms with van der Waals surface area (Å²) in [6.07, 6.45) is -6.27. The molecule has 0 aromatic heterocycles. The molecule has 21 heavy (non-hydrogen) atoms. The Morgan fingerprint density at radius 2 is 1.33 bits per heavy atom. The minimum atomic E-state index is -7.12. The van der Waals surface area contributed by atoms with Gasteiger partial charge >= 0.3 is 33.3 Å². The average molecular weight is 358 g/mol. The van der Waals surface area contributed by atoms with E-state index in [9.17, 15) is 47.9 Å². The van der Waals surface area contributed by atoms with Crippen molar-refractivity contribution < 1.29 is 56.9 Å². The molecular formula is C7H7F9O4S. The molecule has 0 radical (unpaired) electrons. The maximum absolute atomic E-state index is 13.0. The zero-order chi connectivity index (χ0) is 17.3. The van der Waals surface area contributed by atoms with Crippen LogP contribution in [0.3, 0.4) is 0 Å². The molecule has 0 amide bonds. The first kappa shape index (κ1) is 20.2. The van der Waals surface area contributed by atoms with Gasteiger partial charge in [-0.3, -0.25) is 4.18 Å². The Hall–Kier alpha value is -0.760. The third-order valence-corrected chi connectivity index (χ3v) is 3.34. The number of ether oxygens (including phenoxy) is 1. The van der Waals surface area contributed by atoms with Crippen molar-refractivity contribution in [2.45, 2.75) is 23.2 Å². The largest absolute Gasteiger partial charge is 0.438 e. The first-order chi connectivity index (χ1) is 9.12. The summed E-state index contributed by atoms with van der Waals surface area (Å²) in [6.45, 7) is -3.63. The molecular weight excluding hydrogens is 351 g/mol. The summed E-state index contributed by atoms with van der Waals surface area (Å²) in [5.74, 6) is -14.1. The summed E-state index contributed by atoms with van der Waals surface area (Å²) in [6, 6.07) is 0. The number of hydrogen-bond acceptors (Lipinski definition) is 4. The van der Waals surface area contributed by atoms with Crippen molar-refractivity contribution in [2.75, 3.05) is 20.4 Å². The van der Waals surface area contributed by atoms with E-state index in [4.69, 9.17) is 0 Å². The van der Waals surface area contributed by atoms with E-state index in [2.05, 4.69) is 8.92 Å². The third kappa shape index (κ3) is 3.06. The fraction of sp³-hybridized carbons (Fsp3) is 1.00. The highest BCUT2D eigenvalue weighted by Gasteiger charge is 2.85. The molecule has 0 bridgehead atoms. The molecule has 0 aliphatic rings. The highest BCUT2D eigenvalue weighted by molar-refractivity contribution is 7.87. The van der Waals surface area contributed by atoms with Crippen LogP contribution in [0.1, 0.15) is 0 Å². The number of alkyl halides is 9. The van der Waals surface area contributed by atoms with E-state index in [1.54, 1.807) is 0 Å². The van der Waals surface area contributed by atoms with Gasteiger partial charge in [0.05, 0.1) is 13.7 Å². The van der Waals surface area contributed by atoms with Crippen LogP contribution in [-0.4, -0.2) is 52.0 Å². The van der Waals surface area contributed by atoms with Gasteiger partial charge in [-0.15, -0.1) is 0 Å². The molecule has 0 unspecified atom stereocenters. The Morgan fingerprint density at radius 1 is 0.905 bits per heavy atom. The maximum Gasteiger partial charge on any atom is 0.438 e. The van der Waals surface area contributed by atoms with Crippen LogP contribution in [0, 0.1) is 0 Å². The van der Waals surface area contributed by atoms with Crippen LogP contribution in [0.25, 0.3) is 0 Å². The molecule has 0 saturated carbocycles. The molecule has 0 saturated heterocycles. The molecule has 0 aromatic rings. The summed E-state index contributed by atoms with van der Waals surface area (Å²) < 4.78 is 141. The van der Waals surface area contributed by atoms with E-state index in [0.717, 1.165) is 0 Å². The topological polar surface area (TPSA) is 52.6 Å². The fourth-order valence-electron chi connectivity index (χ4n) is 0.885. The van der Waals surface area contributed by atoms with Gasteiger partial charge in [-0.05, 0) is 0 Å². The molecule has 0 aliphatic heterocycles. The van der Waals surface area contributed by atoms with E-state index in [1.807, 2.05) is 0 Å². The van der Waals surface area contributed by atoms with Crippen LogP contribution in [0.15, 0.2) is 0 Å². The Bertz CT molecular complexity index is 461. The first-order valence-corrected chi connectivity index (χ1v) is 6.04. The van der Waals surface area contributed by atoms with Crippen LogP contribution in [0.4, 0.5) is 39.5 Å². The van der Waals surface area contributed by atoms with E-state index in [1.165, 1.54) is 0 Å². The lowest BCUT2D eigenvalue weighted by molar-refractivity contribution is -0.417. The predicted octanol–water partition coefficient (Wildman–Crippen LogP) is 2.40. The average Bonchev–Trinajstić information content (AvgIpc) is 2.35. The Morgan fingerprint density at radius 3 is 1.67 bits per heavy atom. The van der Waals surface area contributed by atoms with Crippen molar-refractivity contribution in [3.63, 3.8) is 0 Å². The summed E-state index contributed by atoms with van der Waals surface area (Å²) in [5.41, 5.74) is 0. The van der Waals surface area contributed by atoms with E-state index >= 15 is 0 Å². The molecule has 0 fully saturated rings. The molecule has 0 aliphatic carbocycles. The monoisotopic (exact) mass is 358 g/mol. The van der Waals surface area contributed by atoms with Crippen molar-refractivity contribution in [2.24, 2.45) is 0 Å². The van der Waals surface area contributed by atoms with E-state index in [-0.39, 0.29) is 7.11 Å². The summed E-state index contributed by atoms with van der Waals surface area (Å²) in [4.78, 5) is 0. The third-order valence-electron chi connectivity index (χ3n) is 2.02. The van der Waals surface area contributed by atoms with Gasteiger partial charge in [0.1, 0.15) is 6.67 Å². The summed E-state index contributed by atoms with van der Waals surface area (Å²) >= 11 is 0.